The van der Waals surface area contributed by atoms with E-state index in [4.69, 9.17) is 10.00 Å². The average Bonchev–Trinajstić information content (AvgIpc) is 2.42. The number of para-hydroxylation sites is 1. The zero-order chi connectivity index (χ0) is 14.8. The highest BCUT2D eigenvalue weighted by molar-refractivity contribution is 5.96. The van der Waals surface area contributed by atoms with Gasteiger partial charge in [0.05, 0.1) is 11.3 Å². The molecule has 0 atom stereocenters. The molecule has 0 fully saturated rings. The number of halogens is 3. The van der Waals surface area contributed by atoms with E-state index in [1.54, 1.807) is 19.2 Å². The van der Waals surface area contributed by atoms with Gasteiger partial charge in [-0.25, -0.2) is 0 Å². The fourth-order valence-electron chi connectivity index (χ4n) is 1.83. The van der Waals surface area contributed by atoms with E-state index in [1.807, 2.05) is 6.07 Å². The standard InChI is InChI=1S/C13H10F3N3O/c1-18-11-8(5-17)6-19-12-9(11)3-2-4-10(12)20-7-13(14,15)16/h2-4,6H,7H2,1H3,(H,18,19). The van der Waals surface area contributed by atoms with Gasteiger partial charge in [-0.2, -0.15) is 18.4 Å². The lowest BCUT2D eigenvalue weighted by Gasteiger charge is -2.13. The van der Waals surface area contributed by atoms with E-state index in [9.17, 15) is 13.2 Å². The van der Waals surface area contributed by atoms with Crippen LogP contribution in [0.3, 0.4) is 0 Å². The molecule has 2 rings (SSSR count). The lowest BCUT2D eigenvalue weighted by Crippen LogP contribution is -2.19. The van der Waals surface area contributed by atoms with E-state index >= 15 is 0 Å². The molecule has 2 aromatic rings. The van der Waals surface area contributed by atoms with Crippen molar-refractivity contribution in [3.8, 4) is 11.8 Å². The summed E-state index contributed by atoms with van der Waals surface area (Å²) < 4.78 is 41.4. The Morgan fingerprint density at radius 2 is 2.15 bits per heavy atom. The van der Waals surface area contributed by atoms with Crippen LogP contribution >= 0.6 is 0 Å². The van der Waals surface area contributed by atoms with E-state index < -0.39 is 12.8 Å². The van der Waals surface area contributed by atoms with Gasteiger partial charge < -0.3 is 10.1 Å². The highest BCUT2D eigenvalue weighted by atomic mass is 19.4. The molecule has 0 amide bonds. The Labute approximate surface area is 112 Å². The number of pyridine rings is 1. The van der Waals surface area contributed by atoms with Crippen molar-refractivity contribution in [1.82, 2.24) is 4.98 Å². The van der Waals surface area contributed by atoms with Gasteiger partial charge in [-0.05, 0) is 6.07 Å². The Hall–Kier alpha value is -2.49. The normalized spacial score (nSPS) is 11.2. The van der Waals surface area contributed by atoms with Gasteiger partial charge in [0.1, 0.15) is 17.3 Å². The zero-order valence-corrected chi connectivity index (χ0v) is 10.5. The number of benzene rings is 1. The summed E-state index contributed by atoms with van der Waals surface area (Å²) in [4.78, 5) is 4.01. The summed E-state index contributed by atoms with van der Waals surface area (Å²) in [5.74, 6) is 0.0285. The highest BCUT2D eigenvalue weighted by Crippen LogP contribution is 2.31. The molecule has 1 aromatic carbocycles. The molecule has 0 bridgehead atoms. The molecule has 0 aliphatic heterocycles. The molecule has 1 heterocycles. The molecule has 0 unspecified atom stereocenters. The molecular formula is C13H10F3N3O. The molecule has 1 N–H and O–H groups in total. The van der Waals surface area contributed by atoms with Crippen LogP contribution < -0.4 is 10.1 Å². The van der Waals surface area contributed by atoms with Crippen LogP contribution in [0.15, 0.2) is 24.4 Å². The Balaban J connectivity index is 2.51. The number of nitrogens with zero attached hydrogens (tertiary/aromatic N) is 2. The van der Waals surface area contributed by atoms with Crippen LogP contribution in [-0.4, -0.2) is 24.8 Å². The van der Waals surface area contributed by atoms with Crippen LogP contribution in [0.25, 0.3) is 10.9 Å². The molecule has 1 aromatic heterocycles. The van der Waals surface area contributed by atoms with Crippen LogP contribution in [0.2, 0.25) is 0 Å². The number of nitriles is 1. The first-order valence-corrected chi connectivity index (χ1v) is 5.65. The number of fused-ring (bicyclic) bond motifs is 1. The molecule has 0 spiro atoms. The molecule has 7 heteroatoms. The third-order valence-electron chi connectivity index (χ3n) is 2.62. The second-order valence-corrected chi connectivity index (χ2v) is 3.96. The minimum absolute atomic E-state index is 0.0285. The predicted molar refractivity (Wildman–Crippen MR) is 67.6 cm³/mol. The fourth-order valence-corrected chi connectivity index (χ4v) is 1.83. The summed E-state index contributed by atoms with van der Waals surface area (Å²) in [6.07, 6.45) is -3.12. The van der Waals surface area contributed by atoms with Gasteiger partial charge in [0, 0.05) is 18.6 Å². The summed E-state index contributed by atoms with van der Waals surface area (Å²) >= 11 is 0. The van der Waals surface area contributed by atoms with E-state index in [0.29, 0.717) is 16.6 Å². The SMILES string of the molecule is CNc1c(C#N)cnc2c(OCC(F)(F)F)cccc12. The largest absolute Gasteiger partial charge is 0.482 e. The summed E-state index contributed by atoms with van der Waals surface area (Å²) in [5.41, 5.74) is 1.10. The maximum absolute atomic E-state index is 12.2. The van der Waals surface area contributed by atoms with Gasteiger partial charge in [0.25, 0.3) is 0 Å². The third-order valence-corrected chi connectivity index (χ3v) is 2.62. The predicted octanol–water partition coefficient (Wildman–Crippen LogP) is 3.09. The first-order valence-electron chi connectivity index (χ1n) is 5.65. The minimum atomic E-state index is -4.42. The van der Waals surface area contributed by atoms with Crippen LogP contribution in [0, 0.1) is 11.3 Å². The Morgan fingerprint density at radius 3 is 2.75 bits per heavy atom. The van der Waals surface area contributed by atoms with Crippen molar-refractivity contribution in [2.75, 3.05) is 19.0 Å². The van der Waals surface area contributed by atoms with E-state index in [1.165, 1.54) is 12.3 Å². The van der Waals surface area contributed by atoms with Crippen molar-refractivity contribution in [2.45, 2.75) is 6.18 Å². The number of rotatable bonds is 3. The molecule has 104 valence electrons. The fraction of sp³-hybridized carbons (Fsp3) is 0.231. The van der Waals surface area contributed by atoms with Gasteiger partial charge in [-0.1, -0.05) is 12.1 Å². The van der Waals surface area contributed by atoms with Crippen molar-refractivity contribution in [2.24, 2.45) is 0 Å². The maximum Gasteiger partial charge on any atom is 0.422 e. The van der Waals surface area contributed by atoms with Gasteiger partial charge in [0.2, 0.25) is 0 Å². The number of ether oxygens (including phenoxy) is 1. The molecule has 0 aliphatic carbocycles. The number of nitrogens with one attached hydrogen (secondary N) is 1. The first-order chi connectivity index (χ1) is 9.46. The third kappa shape index (κ3) is 2.74. The van der Waals surface area contributed by atoms with Crippen LogP contribution in [0.5, 0.6) is 5.75 Å². The number of aromatic nitrogens is 1. The lowest BCUT2D eigenvalue weighted by molar-refractivity contribution is -0.153. The molecule has 0 saturated heterocycles. The molecule has 0 radical (unpaired) electrons. The average molecular weight is 281 g/mol. The summed E-state index contributed by atoms with van der Waals surface area (Å²) in [7, 11) is 1.62. The van der Waals surface area contributed by atoms with Crippen molar-refractivity contribution in [1.29, 1.82) is 5.26 Å². The van der Waals surface area contributed by atoms with Crippen molar-refractivity contribution in [3.63, 3.8) is 0 Å². The molecule has 0 saturated carbocycles. The Morgan fingerprint density at radius 1 is 1.40 bits per heavy atom. The molecule has 20 heavy (non-hydrogen) atoms. The first kappa shape index (κ1) is 13.9. The van der Waals surface area contributed by atoms with Crippen molar-refractivity contribution in [3.05, 3.63) is 30.0 Å². The number of hydrogen-bond donors (Lipinski definition) is 1. The van der Waals surface area contributed by atoms with Crippen LogP contribution in [-0.2, 0) is 0 Å². The second kappa shape index (κ2) is 5.25. The van der Waals surface area contributed by atoms with Crippen LogP contribution in [0.1, 0.15) is 5.56 Å². The lowest BCUT2D eigenvalue weighted by atomic mass is 10.1. The zero-order valence-electron chi connectivity index (χ0n) is 10.5. The Kier molecular flexibility index (Phi) is 3.66. The van der Waals surface area contributed by atoms with Gasteiger partial charge in [0.15, 0.2) is 6.61 Å². The Bertz CT molecular complexity index is 677. The molecule has 0 aliphatic rings. The summed E-state index contributed by atoms with van der Waals surface area (Å²) in [6.45, 7) is -1.39. The summed E-state index contributed by atoms with van der Waals surface area (Å²) in [5, 5.41) is 12.4. The molecular weight excluding hydrogens is 271 g/mol. The van der Waals surface area contributed by atoms with E-state index in [2.05, 4.69) is 10.3 Å². The van der Waals surface area contributed by atoms with Gasteiger partial charge in [-0.3, -0.25) is 4.98 Å². The molecule has 4 nitrogen and oxygen atoms in total. The quantitative estimate of drug-likeness (QED) is 0.939. The number of alkyl halides is 3. The number of hydrogen-bond acceptors (Lipinski definition) is 4. The second-order valence-electron chi connectivity index (χ2n) is 3.96. The van der Waals surface area contributed by atoms with Crippen LogP contribution in [0.4, 0.5) is 18.9 Å². The monoisotopic (exact) mass is 281 g/mol. The van der Waals surface area contributed by atoms with Gasteiger partial charge >= 0.3 is 6.18 Å². The minimum Gasteiger partial charge on any atom is -0.482 e. The number of anilines is 1. The maximum atomic E-state index is 12.2. The van der Waals surface area contributed by atoms with Crippen molar-refractivity contribution < 1.29 is 17.9 Å². The van der Waals surface area contributed by atoms with E-state index in [-0.39, 0.29) is 11.3 Å². The topological polar surface area (TPSA) is 57.9 Å². The smallest absolute Gasteiger partial charge is 0.422 e. The van der Waals surface area contributed by atoms with Gasteiger partial charge in [-0.15, -0.1) is 0 Å². The summed E-state index contributed by atoms with van der Waals surface area (Å²) in [6, 6.07) is 6.59. The highest BCUT2D eigenvalue weighted by Gasteiger charge is 2.28. The van der Waals surface area contributed by atoms with Crippen molar-refractivity contribution >= 4 is 16.6 Å². The van der Waals surface area contributed by atoms with E-state index in [0.717, 1.165) is 0 Å².